The Labute approximate surface area is 71.4 Å². The molecule has 0 aromatic carbocycles. The van der Waals surface area contributed by atoms with Gasteiger partial charge in [-0.15, -0.1) is 0 Å². The predicted molar refractivity (Wildman–Crippen MR) is 40.6 cm³/mol. The molecule has 0 radical (unpaired) electrons. The first kappa shape index (κ1) is 10.4. The molecule has 0 saturated carbocycles. The number of esters is 1. The molecule has 0 saturated heterocycles. The van der Waals surface area contributed by atoms with E-state index in [0.29, 0.717) is 0 Å². The summed E-state index contributed by atoms with van der Waals surface area (Å²) < 4.78 is 4.62. The van der Waals surface area contributed by atoms with Crippen LogP contribution in [0.15, 0.2) is 0 Å². The smallest absolute Gasteiger partial charge is 0.323 e. The summed E-state index contributed by atoms with van der Waals surface area (Å²) in [7, 11) is 0. The molecule has 12 heavy (non-hydrogen) atoms. The Balaban J connectivity index is 3.92. The van der Waals surface area contributed by atoms with E-state index in [9.17, 15) is 4.79 Å². The van der Waals surface area contributed by atoms with Crippen molar-refractivity contribution in [3.63, 3.8) is 0 Å². The maximum Gasteiger partial charge on any atom is 0.323 e. The van der Waals surface area contributed by atoms with Crippen LogP contribution in [0.3, 0.4) is 0 Å². The van der Waals surface area contributed by atoms with Gasteiger partial charge in [-0.25, -0.2) is 0 Å². The van der Waals surface area contributed by atoms with E-state index in [1.165, 1.54) is 0 Å². The largest absolute Gasteiger partial charge is 0.465 e. The van der Waals surface area contributed by atoms with Gasteiger partial charge in [-0.3, -0.25) is 4.79 Å². The third kappa shape index (κ3) is 3.58. The number of hydrogen-bond donors (Lipinski definition) is 0. The Hall–Kier alpha value is -1.55. The van der Waals surface area contributed by atoms with Gasteiger partial charge in [-0.05, 0) is 13.3 Å². The third-order valence-electron chi connectivity index (χ3n) is 1.27. The number of nitriles is 2. The van der Waals surface area contributed by atoms with E-state index < -0.39 is 11.9 Å². The number of nitrogens with zero attached hydrogens (tertiary/aromatic N) is 2. The number of carbonyl (C=O) groups excluding carboxylic acids is 1. The average Bonchev–Trinajstić information content (AvgIpc) is 2.06. The molecule has 0 heterocycles. The van der Waals surface area contributed by atoms with E-state index >= 15 is 0 Å². The van der Waals surface area contributed by atoms with Gasteiger partial charge in [0.05, 0.1) is 18.7 Å². The Morgan fingerprint density at radius 3 is 2.67 bits per heavy atom. The van der Waals surface area contributed by atoms with Gasteiger partial charge >= 0.3 is 5.97 Å². The normalized spacial score (nSPS) is 10.9. The van der Waals surface area contributed by atoms with Crippen LogP contribution in [0.4, 0.5) is 0 Å². The van der Waals surface area contributed by atoms with Gasteiger partial charge in [0.1, 0.15) is 5.92 Å². The SMILES string of the molecule is CCOC(=O)C(C#N)CCC#N. The van der Waals surface area contributed by atoms with Crippen LogP contribution in [-0.2, 0) is 9.53 Å². The van der Waals surface area contributed by atoms with E-state index in [1.807, 2.05) is 6.07 Å². The molecular weight excluding hydrogens is 156 g/mol. The molecule has 0 aromatic heterocycles. The van der Waals surface area contributed by atoms with Gasteiger partial charge in [0, 0.05) is 6.42 Å². The van der Waals surface area contributed by atoms with Crippen LogP contribution in [0.5, 0.6) is 0 Å². The maximum atomic E-state index is 10.9. The van der Waals surface area contributed by atoms with Gasteiger partial charge in [-0.2, -0.15) is 10.5 Å². The summed E-state index contributed by atoms with van der Waals surface area (Å²) in [6.45, 7) is 1.94. The Morgan fingerprint density at radius 2 is 2.25 bits per heavy atom. The number of carbonyl (C=O) groups is 1. The van der Waals surface area contributed by atoms with Crippen molar-refractivity contribution >= 4 is 5.97 Å². The van der Waals surface area contributed by atoms with Crippen LogP contribution in [0.1, 0.15) is 19.8 Å². The molecule has 4 heteroatoms. The molecule has 0 aliphatic rings. The standard InChI is InChI=1S/C8H10N2O2/c1-2-12-8(11)7(6-10)4-3-5-9/h7H,2-4H2,1H3. The molecule has 0 spiro atoms. The lowest BCUT2D eigenvalue weighted by Crippen LogP contribution is -2.15. The van der Waals surface area contributed by atoms with Crippen LogP contribution < -0.4 is 0 Å². The first-order valence-electron chi connectivity index (χ1n) is 3.69. The van der Waals surface area contributed by atoms with Crippen molar-refractivity contribution in [1.29, 1.82) is 10.5 Å². The molecule has 0 aliphatic heterocycles. The minimum absolute atomic E-state index is 0.205. The lowest BCUT2D eigenvalue weighted by Gasteiger charge is -2.04. The molecule has 64 valence electrons. The Morgan fingerprint density at radius 1 is 1.58 bits per heavy atom. The fraction of sp³-hybridized carbons (Fsp3) is 0.625. The van der Waals surface area contributed by atoms with Gasteiger partial charge in [0.15, 0.2) is 0 Å². The van der Waals surface area contributed by atoms with Crippen molar-refractivity contribution in [3.8, 4) is 12.1 Å². The molecular formula is C8H10N2O2. The molecule has 0 N–H and O–H groups in total. The highest BCUT2D eigenvalue weighted by molar-refractivity contribution is 5.75. The van der Waals surface area contributed by atoms with Crippen LogP contribution in [0, 0.1) is 28.6 Å². The summed E-state index contributed by atoms with van der Waals surface area (Å²) in [4.78, 5) is 10.9. The topological polar surface area (TPSA) is 73.9 Å². The lowest BCUT2D eigenvalue weighted by molar-refractivity contribution is -0.146. The minimum Gasteiger partial charge on any atom is -0.465 e. The van der Waals surface area contributed by atoms with Crippen molar-refractivity contribution in [1.82, 2.24) is 0 Å². The summed E-state index contributed by atoms with van der Waals surface area (Å²) >= 11 is 0. The van der Waals surface area contributed by atoms with Crippen LogP contribution in [-0.4, -0.2) is 12.6 Å². The second-order valence-electron chi connectivity index (χ2n) is 2.13. The zero-order chi connectivity index (χ0) is 9.40. The number of ether oxygens (including phenoxy) is 1. The third-order valence-corrected chi connectivity index (χ3v) is 1.27. The van der Waals surface area contributed by atoms with E-state index in [4.69, 9.17) is 10.5 Å². The van der Waals surface area contributed by atoms with Gasteiger partial charge in [0.2, 0.25) is 0 Å². The highest BCUT2D eigenvalue weighted by atomic mass is 16.5. The Bertz CT molecular complexity index is 224. The zero-order valence-electron chi connectivity index (χ0n) is 6.91. The minimum atomic E-state index is -0.787. The van der Waals surface area contributed by atoms with Crippen molar-refractivity contribution in [2.75, 3.05) is 6.61 Å². The van der Waals surface area contributed by atoms with Crippen molar-refractivity contribution in [2.45, 2.75) is 19.8 Å². The lowest BCUT2D eigenvalue weighted by atomic mass is 10.1. The molecule has 0 rings (SSSR count). The van der Waals surface area contributed by atoms with E-state index in [1.54, 1.807) is 13.0 Å². The molecule has 0 amide bonds. The predicted octanol–water partition coefficient (Wildman–Crippen LogP) is 0.993. The highest BCUT2D eigenvalue weighted by Crippen LogP contribution is 2.06. The first-order chi connectivity index (χ1) is 5.76. The molecule has 0 aliphatic carbocycles. The molecule has 0 bridgehead atoms. The second-order valence-corrected chi connectivity index (χ2v) is 2.13. The van der Waals surface area contributed by atoms with E-state index in [0.717, 1.165) is 0 Å². The average molecular weight is 166 g/mol. The maximum absolute atomic E-state index is 10.9. The van der Waals surface area contributed by atoms with Crippen LogP contribution in [0.2, 0.25) is 0 Å². The summed E-state index contributed by atoms with van der Waals surface area (Å²) in [5.41, 5.74) is 0. The number of hydrogen-bond acceptors (Lipinski definition) is 4. The van der Waals surface area contributed by atoms with Gasteiger partial charge in [0.25, 0.3) is 0 Å². The zero-order valence-corrected chi connectivity index (χ0v) is 6.91. The summed E-state index contributed by atoms with van der Waals surface area (Å²) in [6.07, 6.45) is 0.461. The number of rotatable bonds is 4. The van der Waals surface area contributed by atoms with E-state index in [-0.39, 0.29) is 19.4 Å². The van der Waals surface area contributed by atoms with E-state index in [2.05, 4.69) is 4.74 Å². The van der Waals surface area contributed by atoms with Gasteiger partial charge in [-0.1, -0.05) is 0 Å². The van der Waals surface area contributed by atoms with Crippen LogP contribution >= 0.6 is 0 Å². The fourth-order valence-corrected chi connectivity index (χ4v) is 0.687. The Kier molecular flexibility index (Phi) is 5.38. The monoisotopic (exact) mass is 166 g/mol. The summed E-state index contributed by atoms with van der Waals surface area (Å²) in [5, 5.41) is 16.7. The van der Waals surface area contributed by atoms with Crippen molar-refractivity contribution in [2.24, 2.45) is 5.92 Å². The molecule has 1 unspecified atom stereocenters. The second kappa shape index (κ2) is 6.18. The first-order valence-corrected chi connectivity index (χ1v) is 3.69. The molecule has 0 aromatic rings. The quantitative estimate of drug-likeness (QED) is 0.584. The highest BCUT2D eigenvalue weighted by Gasteiger charge is 2.17. The molecule has 4 nitrogen and oxygen atoms in total. The molecule has 1 atom stereocenters. The fourth-order valence-electron chi connectivity index (χ4n) is 0.687. The molecule has 0 fully saturated rings. The van der Waals surface area contributed by atoms with Gasteiger partial charge < -0.3 is 4.74 Å². The van der Waals surface area contributed by atoms with Crippen molar-refractivity contribution in [3.05, 3.63) is 0 Å². The van der Waals surface area contributed by atoms with Crippen molar-refractivity contribution < 1.29 is 9.53 Å². The summed E-state index contributed by atoms with van der Waals surface area (Å²) in [5.74, 6) is -1.32. The van der Waals surface area contributed by atoms with Crippen LogP contribution in [0.25, 0.3) is 0 Å². The summed E-state index contributed by atoms with van der Waals surface area (Å²) in [6, 6.07) is 3.67.